The van der Waals surface area contributed by atoms with Crippen LogP contribution in [0.2, 0.25) is 0 Å². The third-order valence-corrected chi connectivity index (χ3v) is 3.19. The minimum absolute atomic E-state index is 0.977. The van der Waals surface area contributed by atoms with E-state index < -0.39 is 0 Å². The Balaban J connectivity index is 2.19. The van der Waals surface area contributed by atoms with E-state index in [2.05, 4.69) is 34.6 Å². The first-order valence-corrected chi connectivity index (χ1v) is 5.62. The van der Waals surface area contributed by atoms with Gasteiger partial charge in [-0.25, -0.2) is 0 Å². The summed E-state index contributed by atoms with van der Waals surface area (Å²) in [6, 6.07) is 15.6. The lowest BCUT2D eigenvalue weighted by Gasteiger charge is -1.99. The monoisotopic (exact) mass is 210 g/mol. The number of nitrogens with zero attached hydrogens (tertiary/aromatic N) is 1. The molecule has 1 radical (unpaired) electrons. The van der Waals surface area contributed by atoms with Gasteiger partial charge in [0.1, 0.15) is 0 Å². The second-order valence-corrected chi connectivity index (χ2v) is 4.23. The summed E-state index contributed by atoms with van der Waals surface area (Å²) in [5, 5.41) is 3.26. The minimum atomic E-state index is 0.977. The summed E-state index contributed by atoms with van der Waals surface area (Å²) in [5.74, 6) is 0. The SMILES string of the molecule is [c]1c(-c2ccccn2)ccc2sccc12. The molecule has 71 valence electrons. The van der Waals surface area contributed by atoms with Crippen molar-refractivity contribution in [2.24, 2.45) is 0 Å². The van der Waals surface area contributed by atoms with Crippen LogP contribution in [0.15, 0.2) is 48.0 Å². The van der Waals surface area contributed by atoms with Crippen molar-refractivity contribution in [3.8, 4) is 11.3 Å². The molecule has 0 amide bonds. The molecule has 2 heteroatoms. The Morgan fingerprint density at radius 2 is 2.07 bits per heavy atom. The number of fused-ring (bicyclic) bond motifs is 1. The molecule has 0 aliphatic carbocycles. The number of pyridine rings is 1. The first-order valence-electron chi connectivity index (χ1n) is 4.74. The average Bonchev–Trinajstić information content (AvgIpc) is 2.77. The number of rotatable bonds is 1. The van der Waals surface area contributed by atoms with Crippen molar-refractivity contribution in [2.75, 3.05) is 0 Å². The smallest absolute Gasteiger partial charge is 0.0708 e. The van der Waals surface area contributed by atoms with Gasteiger partial charge >= 0.3 is 0 Å². The van der Waals surface area contributed by atoms with Crippen molar-refractivity contribution in [3.63, 3.8) is 0 Å². The van der Waals surface area contributed by atoms with E-state index in [1.165, 1.54) is 10.1 Å². The molecular formula is C13H8NS. The fourth-order valence-electron chi connectivity index (χ4n) is 1.57. The third kappa shape index (κ3) is 1.53. The largest absolute Gasteiger partial charge is 0.256 e. The van der Waals surface area contributed by atoms with E-state index in [9.17, 15) is 0 Å². The lowest BCUT2D eigenvalue weighted by molar-refractivity contribution is 1.33. The van der Waals surface area contributed by atoms with Crippen molar-refractivity contribution in [1.82, 2.24) is 4.98 Å². The van der Waals surface area contributed by atoms with Gasteiger partial charge in [-0.15, -0.1) is 11.3 Å². The summed E-state index contributed by atoms with van der Waals surface area (Å²) < 4.78 is 1.27. The van der Waals surface area contributed by atoms with Crippen LogP contribution in [0.5, 0.6) is 0 Å². The molecular weight excluding hydrogens is 202 g/mol. The standard InChI is InChI=1S/C13H8NS/c1-2-7-14-12(3-1)10-4-5-13-11(9-10)6-8-15-13/h1-8H. The van der Waals surface area contributed by atoms with Crippen LogP contribution in [0.25, 0.3) is 21.3 Å². The maximum Gasteiger partial charge on any atom is 0.0708 e. The predicted octanol–water partition coefficient (Wildman–Crippen LogP) is 3.76. The summed E-state index contributed by atoms with van der Waals surface area (Å²) in [6.07, 6.45) is 1.81. The summed E-state index contributed by atoms with van der Waals surface area (Å²) in [6.45, 7) is 0. The van der Waals surface area contributed by atoms with Gasteiger partial charge < -0.3 is 0 Å². The van der Waals surface area contributed by atoms with Gasteiger partial charge in [0, 0.05) is 27.9 Å². The maximum atomic E-state index is 4.31. The van der Waals surface area contributed by atoms with Crippen molar-refractivity contribution in [1.29, 1.82) is 0 Å². The van der Waals surface area contributed by atoms with Crippen LogP contribution in [-0.2, 0) is 0 Å². The van der Waals surface area contributed by atoms with Gasteiger partial charge in [-0.2, -0.15) is 0 Å². The molecule has 0 atom stereocenters. The van der Waals surface area contributed by atoms with Crippen LogP contribution in [0.1, 0.15) is 0 Å². The quantitative estimate of drug-likeness (QED) is 0.596. The van der Waals surface area contributed by atoms with Crippen molar-refractivity contribution in [3.05, 3.63) is 54.0 Å². The van der Waals surface area contributed by atoms with E-state index in [0.717, 1.165) is 11.3 Å². The molecule has 0 saturated carbocycles. The van der Waals surface area contributed by atoms with E-state index in [-0.39, 0.29) is 0 Å². The number of hydrogen-bond donors (Lipinski definition) is 0. The second kappa shape index (κ2) is 3.48. The zero-order valence-corrected chi connectivity index (χ0v) is 8.79. The number of hydrogen-bond acceptors (Lipinski definition) is 2. The van der Waals surface area contributed by atoms with Crippen LogP contribution in [-0.4, -0.2) is 4.98 Å². The fraction of sp³-hybridized carbons (Fsp3) is 0. The van der Waals surface area contributed by atoms with E-state index in [1.807, 2.05) is 18.2 Å². The van der Waals surface area contributed by atoms with Crippen LogP contribution in [0.3, 0.4) is 0 Å². The van der Waals surface area contributed by atoms with Crippen molar-refractivity contribution < 1.29 is 0 Å². The molecule has 3 aromatic rings. The molecule has 1 nitrogen and oxygen atoms in total. The molecule has 0 bridgehead atoms. The fourth-order valence-corrected chi connectivity index (χ4v) is 2.31. The number of benzene rings is 1. The summed E-state index contributed by atoms with van der Waals surface area (Å²) >= 11 is 1.74. The molecule has 2 heterocycles. The number of thiophene rings is 1. The molecule has 0 aliphatic rings. The van der Waals surface area contributed by atoms with Crippen LogP contribution in [0, 0.1) is 6.07 Å². The van der Waals surface area contributed by atoms with Gasteiger partial charge in [0.2, 0.25) is 0 Å². The van der Waals surface area contributed by atoms with Gasteiger partial charge in [0.25, 0.3) is 0 Å². The Morgan fingerprint density at radius 3 is 2.93 bits per heavy atom. The van der Waals surface area contributed by atoms with Gasteiger partial charge in [-0.1, -0.05) is 12.1 Å². The zero-order valence-electron chi connectivity index (χ0n) is 7.97. The molecule has 0 N–H and O–H groups in total. The topological polar surface area (TPSA) is 12.9 Å². The van der Waals surface area contributed by atoms with Crippen LogP contribution < -0.4 is 0 Å². The van der Waals surface area contributed by atoms with Crippen molar-refractivity contribution in [2.45, 2.75) is 0 Å². The Hall–Kier alpha value is -1.67. The molecule has 0 fully saturated rings. The maximum absolute atomic E-state index is 4.31. The normalized spacial score (nSPS) is 10.7. The van der Waals surface area contributed by atoms with Crippen LogP contribution in [0.4, 0.5) is 0 Å². The van der Waals surface area contributed by atoms with Gasteiger partial charge in [-0.3, -0.25) is 4.98 Å². The van der Waals surface area contributed by atoms with E-state index >= 15 is 0 Å². The Labute approximate surface area is 92.0 Å². The Kier molecular flexibility index (Phi) is 2.00. The van der Waals surface area contributed by atoms with E-state index in [0.29, 0.717) is 0 Å². The first kappa shape index (κ1) is 8.62. The van der Waals surface area contributed by atoms with E-state index in [1.54, 1.807) is 17.5 Å². The van der Waals surface area contributed by atoms with Gasteiger partial charge in [0.15, 0.2) is 0 Å². The lowest BCUT2D eigenvalue weighted by Crippen LogP contribution is -1.80. The van der Waals surface area contributed by atoms with Crippen LogP contribution >= 0.6 is 11.3 Å². The molecule has 2 aromatic heterocycles. The highest BCUT2D eigenvalue weighted by molar-refractivity contribution is 7.17. The molecule has 3 rings (SSSR count). The summed E-state index contributed by atoms with van der Waals surface area (Å²) in [5.41, 5.74) is 2.03. The predicted molar refractivity (Wildman–Crippen MR) is 63.9 cm³/mol. The highest BCUT2D eigenvalue weighted by atomic mass is 32.1. The first-order chi connectivity index (χ1) is 7.43. The molecule has 1 aromatic carbocycles. The minimum Gasteiger partial charge on any atom is -0.256 e. The molecule has 0 saturated heterocycles. The van der Waals surface area contributed by atoms with Gasteiger partial charge in [-0.05, 0) is 29.6 Å². The number of aromatic nitrogens is 1. The highest BCUT2D eigenvalue weighted by Gasteiger charge is 2.00. The molecule has 0 aliphatic heterocycles. The van der Waals surface area contributed by atoms with Crippen molar-refractivity contribution >= 4 is 21.4 Å². The molecule has 0 spiro atoms. The van der Waals surface area contributed by atoms with E-state index in [4.69, 9.17) is 0 Å². The second-order valence-electron chi connectivity index (χ2n) is 3.29. The lowest BCUT2D eigenvalue weighted by atomic mass is 10.1. The summed E-state index contributed by atoms with van der Waals surface area (Å²) in [4.78, 5) is 4.31. The Bertz CT molecular complexity index is 584. The average molecular weight is 210 g/mol. The molecule has 0 unspecified atom stereocenters. The molecule has 15 heavy (non-hydrogen) atoms. The third-order valence-electron chi connectivity index (χ3n) is 2.31. The summed E-state index contributed by atoms with van der Waals surface area (Å²) in [7, 11) is 0. The zero-order chi connectivity index (χ0) is 10.1. The highest BCUT2D eigenvalue weighted by Crippen LogP contribution is 2.25. The van der Waals surface area contributed by atoms with Gasteiger partial charge in [0.05, 0.1) is 5.69 Å². The Morgan fingerprint density at radius 1 is 1.07 bits per heavy atom.